The van der Waals surface area contributed by atoms with Crippen LogP contribution in [0.3, 0.4) is 0 Å². The molecule has 46 heavy (non-hydrogen) atoms. The SMILES string of the molecule is [2H]c1c([2H])c([2H])c(-c2c3c([2H])c([2H])c([2H])c([2H])c3c(-c3c([2H])c([2H])c(-c4c([2H])c([2H])c5c([2H])c([2H])c([2H])c([2H])c5c4[2H])c([2H])c3[2H])c3c([2H])c([2H])c(-c4c([2H])c([2H])c5c([2H])c([2H])c([2H])c([2H])c5c4[2H])c([2H])c23)c([2H])c1[2H]. The van der Waals surface area contributed by atoms with E-state index in [2.05, 4.69) is 0 Å². The van der Waals surface area contributed by atoms with Gasteiger partial charge in [0.2, 0.25) is 0 Å². The minimum absolute atomic E-state index is 0.565. The molecule has 0 radical (unpaired) electrons. The Morgan fingerprint density at radius 3 is 1.26 bits per heavy atom. The number of rotatable bonds is 4. The van der Waals surface area contributed by atoms with E-state index in [4.69, 9.17) is 27.4 Å². The molecule has 0 aromatic heterocycles. The summed E-state index contributed by atoms with van der Waals surface area (Å²) in [5, 5.41) is -5.81. The summed E-state index contributed by atoms with van der Waals surface area (Å²) in [4.78, 5) is 0. The van der Waals surface area contributed by atoms with Crippen LogP contribution in [0.2, 0.25) is 0 Å². The topological polar surface area (TPSA) is 0 Å². The zero-order valence-corrected chi connectivity index (χ0v) is 23.0. The molecular formula is C46H30. The van der Waals surface area contributed by atoms with Crippen LogP contribution in [0, 0.1) is 0 Å². The van der Waals surface area contributed by atoms with Crippen LogP contribution in [0.15, 0.2) is 181 Å². The predicted octanol–water partition coefficient (Wildman–Crippen LogP) is 13.0. The zero-order chi connectivity index (χ0) is 56.6. The molecule has 0 unspecified atom stereocenters. The van der Waals surface area contributed by atoms with E-state index in [0.29, 0.717) is 0 Å². The van der Waals surface area contributed by atoms with Gasteiger partial charge in [0.05, 0.1) is 41.1 Å². The van der Waals surface area contributed by atoms with E-state index in [9.17, 15) is 13.7 Å². The largest absolute Gasteiger partial charge is 0.0636 e. The molecule has 0 aliphatic carbocycles. The van der Waals surface area contributed by atoms with E-state index in [-0.39, 0.29) is 0 Å². The van der Waals surface area contributed by atoms with Gasteiger partial charge in [-0.3, -0.25) is 0 Å². The molecule has 9 aromatic rings. The van der Waals surface area contributed by atoms with Crippen LogP contribution < -0.4 is 0 Å². The molecular weight excluding hydrogens is 553 g/mol. The normalized spacial score (nSPS) is 20.6. The van der Waals surface area contributed by atoms with Crippen LogP contribution in [-0.2, 0) is 0 Å². The van der Waals surface area contributed by atoms with Gasteiger partial charge in [0.1, 0.15) is 0 Å². The molecule has 0 bridgehead atoms. The minimum Gasteiger partial charge on any atom is -0.0622 e. The highest BCUT2D eigenvalue weighted by atomic mass is 14.2. The van der Waals surface area contributed by atoms with Crippen molar-refractivity contribution in [1.29, 1.82) is 0 Å². The van der Waals surface area contributed by atoms with E-state index >= 15 is 0 Å². The molecule has 0 fully saturated rings. The second kappa shape index (κ2) is 10.9. The van der Waals surface area contributed by atoms with E-state index < -0.39 is 269 Å². The van der Waals surface area contributed by atoms with Crippen molar-refractivity contribution in [3.8, 4) is 44.5 Å². The van der Waals surface area contributed by atoms with Gasteiger partial charge in [-0.25, -0.2) is 0 Å². The smallest absolute Gasteiger partial charge is 0.0622 e. The van der Waals surface area contributed by atoms with Crippen LogP contribution >= 0.6 is 0 Å². The first-order valence-electron chi connectivity index (χ1n) is 28.5. The van der Waals surface area contributed by atoms with Crippen molar-refractivity contribution in [1.82, 2.24) is 0 Å². The van der Waals surface area contributed by atoms with E-state index in [1.54, 1.807) is 0 Å². The maximum absolute atomic E-state index is 10.0. The lowest BCUT2D eigenvalue weighted by Gasteiger charge is -2.19. The zero-order valence-electron chi connectivity index (χ0n) is 53.0. The molecule has 0 aliphatic rings. The number of hydrogen-bond acceptors (Lipinski definition) is 0. The average molecular weight is 613 g/mol. The van der Waals surface area contributed by atoms with E-state index in [1.807, 2.05) is 0 Å². The average Bonchev–Trinajstić information content (AvgIpc) is 3.40. The third kappa shape index (κ3) is 4.47. The van der Waals surface area contributed by atoms with Gasteiger partial charge in [-0.05, 0) is 106 Å². The molecule has 9 rings (SSSR count). The monoisotopic (exact) mass is 612 g/mol. The molecule has 0 heteroatoms. The van der Waals surface area contributed by atoms with Crippen molar-refractivity contribution in [2.45, 2.75) is 0 Å². The molecule has 0 atom stereocenters. The Hall–Kier alpha value is -5.98. The van der Waals surface area contributed by atoms with Crippen LogP contribution in [-0.4, -0.2) is 0 Å². The number of hydrogen-bond donors (Lipinski definition) is 0. The summed E-state index contributed by atoms with van der Waals surface area (Å²) in [6, 6.07) is -29.6. The summed E-state index contributed by atoms with van der Waals surface area (Å²) in [6.07, 6.45) is 0. The highest BCUT2D eigenvalue weighted by Crippen LogP contribution is 2.45. The summed E-state index contributed by atoms with van der Waals surface area (Å²) in [7, 11) is 0. The van der Waals surface area contributed by atoms with E-state index in [0.717, 1.165) is 0 Å². The molecule has 9 aromatic carbocycles. The van der Waals surface area contributed by atoms with Gasteiger partial charge < -0.3 is 0 Å². The van der Waals surface area contributed by atoms with Crippen LogP contribution in [0.4, 0.5) is 0 Å². The summed E-state index contributed by atoms with van der Waals surface area (Å²) < 4.78 is 269. The summed E-state index contributed by atoms with van der Waals surface area (Å²) in [5.41, 5.74) is -6.96. The fraction of sp³-hybridized carbons (Fsp3) is 0. The Labute approximate surface area is 311 Å². The first-order chi connectivity index (χ1) is 35.3. The van der Waals surface area contributed by atoms with Crippen LogP contribution in [0.25, 0.3) is 87.6 Å². The van der Waals surface area contributed by atoms with Crippen molar-refractivity contribution < 1.29 is 41.1 Å². The third-order valence-electron chi connectivity index (χ3n) is 7.12. The van der Waals surface area contributed by atoms with Crippen LogP contribution in [0.5, 0.6) is 0 Å². The van der Waals surface area contributed by atoms with Crippen molar-refractivity contribution >= 4 is 43.1 Å². The second-order valence-electron chi connectivity index (χ2n) is 9.75. The summed E-state index contributed by atoms with van der Waals surface area (Å²) in [6.45, 7) is 0. The predicted molar refractivity (Wildman–Crippen MR) is 198 cm³/mol. The Kier molecular flexibility index (Phi) is 2.37. The molecule has 214 valence electrons. The highest BCUT2D eigenvalue weighted by molar-refractivity contribution is 6.22. The fourth-order valence-electron chi connectivity index (χ4n) is 5.09. The quantitative estimate of drug-likeness (QED) is 0.173. The van der Waals surface area contributed by atoms with Gasteiger partial charge in [-0.1, -0.05) is 163 Å². The van der Waals surface area contributed by atoms with E-state index in [1.165, 1.54) is 0 Å². The molecule has 0 nitrogen and oxygen atoms in total. The second-order valence-corrected chi connectivity index (χ2v) is 9.75. The van der Waals surface area contributed by atoms with Crippen molar-refractivity contribution in [2.75, 3.05) is 0 Å². The Morgan fingerprint density at radius 1 is 0.239 bits per heavy atom. The molecule has 0 N–H and O–H groups in total. The molecule has 0 aliphatic heterocycles. The standard InChI is InChI=1S/C46H30/c1-2-12-34(13-3-1)46-42-17-9-8-16-41(42)45(35-22-18-33(19-23-35)38-24-20-31-10-4-6-14-36(31)28-38)43-27-26-40(30-44(43)46)39-25-21-32-11-5-7-15-37(32)29-39/h1-30H/i1D,2D,3D,4D,5D,6D,7D,8D,9D,10D,11D,12D,13D,14D,15D,16D,17D,18D,19D,20D,21D,22D,23D,24D,25D,26D,27D,28D,29D,30D. The molecule has 0 heterocycles. The van der Waals surface area contributed by atoms with Gasteiger partial charge >= 0.3 is 0 Å². The maximum atomic E-state index is 10.0. The lowest BCUT2D eigenvalue weighted by Crippen LogP contribution is -1.92. The number of benzene rings is 9. The molecule has 0 amide bonds. The minimum atomic E-state index is -1.16. The first kappa shape index (κ1) is 10.0. The molecule has 0 spiro atoms. The number of fused-ring (bicyclic) bond motifs is 4. The molecule has 0 saturated carbocycles. The Balaban J connectivity index is 1.59. The lowest BCUT2D eigenvalue weighted by molar-refractivity contribution is 1.62. The Bertz CT molecular complexity index is 4220. The van der Waals surface area contributed by atoms with Crippen molar-refractivity contribution in [3.63, 3.8) is 0 Å². The summed E-state index contributed by atoms with van der Waals surface area (Å²) >= 11 is 0. The van der Waals surface area contributed by atoms with Gasteiger partial charge in [-0.2, -0.15) is 0 Å². The Morgan fingerprint density at radius 2 is 0.630 bits per heavy atom. The molecule has 0 saturated heterocycles. The summed E-state index contributed by atoms with van der Waals surface area (Å²) in [5.74, 6) is 0. The van der Waals surface area contributed by atoms with Gasteiger partial charge in [0.25, 0.3) is 0 Å². The third-order valence-corrected chi connectivity index (χ3v) is 7.12. The lowest BCUT2D eigenvalue weighted by atomic mass is 9.84. The fourth-order valence-corrected chi connectivity index (χ4v) is 5.09. The van der Waals surface area contributed by atoms with Gasteiger partial charge in [-0.15, -0.1) is 0 Å². The maximum Gasteiger partial charge on any atom is 0.0636 e. The van der Waals surface area contributed by atoms with Crippen molar-refractivity contribution in [2.24, 2.45) is 0 Å². The van der Waals surface area contributed by atoms with Crippen LogP contribution in [0.1, 0.15) is 41.1 Å². The highest BCUT2D eigenvalue weighted by Gasteiger charge is 2.17. The van der Waals surface area contributed by atoms with Crippen molar-refractivity contribution in [3.05, 3.63) is 181 Å². The van der Waals surface area contributed by atoms with Gasteiger partial charge in [0, 0.05) is 0 Å². The van der Waals surface area contributed by atoms with Gasteiger partial charge in [0.15, 0.2) is 0 Å². The first-order valence-corrected chi connectivity index (χ1v) is 13.5.